The highest BCUT2D eigenvalue weighted by Crippen LogP contribution is 2.24. The van der Waals surface area contributed by atoms with Crippen LogP contribution >= 0.6 is 43.2 Å². The second-order valence-electron chi connectivity index (χ2n) is 28.0. The average Bonchev–Trinajstić information content (AvgIpc) is 0.878. The average molecular weight is 1860 g/mol. The number of benzene rings is 4. The highest BCUT2D eigenvalue weighted by molar-refractivity contribution is 8.77. The zero-order valence-corrected chi connectivity index (χ0v) is 76.8. The number of aliphatic hydroxyl groups excluding tert-OH is 8. The van der Waals surface area contributed by atoms with Gasteiger partial charge in [-0.2, -0.15) is 0 Å². The monoisotopic (exact) mass is 1860 g/mol. The van der Waals surface area contributed by atoms with Crippen molar-refractivity contribution in [1.29, 1.82) is 0 Å². The fourth-order valence-electron chi connectivity index (χ4n) is 12.5. The van der Waals surface area contributed by atoms with Crippen molar-refractivity contribution in [1.82, 2.24) is 21.3 Å². The van der Waals surface area contributed by atoms with Crippen molar-refractivity contribution >= 4 is 138 Å². The molecule has 8 aromatic rings. The first-order valence-corrected chi connectivity index (χ1v) is 46.3. The quantitative estimate of drug-likeness (QED) is 0.00987. The number of amides is 4. The molecule has 4 aromatic heterocycles. The number of aryl methyl sites for hydroxylation is 4. The summed E-state index contributed by atoms with van der Waals surface area (Å²) < 4.78 is 8.33. The van der Waals surface area contributed by atoms with Crippen molar-refractivity contribution in [3.05, 3.63) is 240 Å². The van der Waals surface area contributed by atoms with Gasteiger partial charge in [-0.1, -0.05) is 140 Å². The minimum absolute atomic E-state index is 0. The van der Waals surface area contributed by atoms with Gasteiger partial charge in [0.25, 0.3) is 0 Å². The summed E-state index contributed by atoms with van der Waals surface area (Å²) in [5.74, 6) is 3.45. The summed E-state index contributed by atoms with van der Waals surface area (Å²) in [6, 6.07) is 48.5. The van der Waals surface area contributed by atoms with E-state index in [9.17, 15) is 60.0 Å². The highest BCUT2D eigenvalue weighted by Gasteiger charge is 2.14. The van der Waals surface area contributed by atoms with Crippen LogP contribution in [0.3, 0.4) is 0 Å². The van der Waals surface area contributed by atoms with E-state index in [4.69, 9.17) is 0 Å². The first-order chi connectivity index (χ1) is 58.8. The Labute approximate surface area is 772 Å². The number of nitrogens with one attached hydrogen (secondary N) is 4. The molecular formula is C92H124Cl4N12O12S4. The van der Waals surface area contributed by atoms with E-state index in [2.05, 4.69) is 137 Å². The molecule has 0 atom stereocenters. The maximum absolute atomic E-state index is 12.3. The minimum atomic E-state index is 0. The van der Waals surface area contributed by atoms with Gasteiger partial charge in [0, 0.05) is 224 Å². The number of hydrogen-bond donors (Lipinski definition) is 12. The summed E-state index contributed by atoms with van der Waals surface area (Å²) in [7, 11) is 6.79. The first-order valence-electron chi connectivity index (χ1n) is 41.3. The van der Waals surface area contributed by atoms with Crippen LogP contribution in [0.5, 0.6) is 0 Å². The Hall–Kier alpha value is -8.24. The normalized spacial score (nSPS) is 11.0. The number of hydrogen-bond acceptors (Lipinski definition) is 20. The van der Waals surface area contributed by atoms with Crippen molar-refractivity contribution in [3.63, 3.8) is 0 Å². The molecule has 4 aromatic carbocycles. The van der Waals surface area contributed by atoms with E-state index in [-0.39, 0.29) is 126 Å². The summed E-state index contributed by atoms with van der Waals surface area (Å²) in [5.41, 5.74) is 12.4. The Kier molecular flexibility index (Phi) is 60.3. The van der Waals surface area contributed by atoms with Gasteiger partial charge in [0.2, 0.25) is 23.6 Å². The number of rotatable bonds is 58. The van der Waals surface area contributed by atoms with Crippen molar-refractivity contribution in [2.24, 2.45) is 0 Å². The standard InChI is InChI=1S/2C46H60N6O6S2.4ClH/c2*53-33-29-51(30-34-54)43-13-9-39(10-14-43)5-7-41-17-25-49(26-18-41)23-1-3-45(57)47-21-37-59-60-38-22-48-46(58)4-2-24-50-27-19-42(20-28-50)8-6-40-11-15-44(16-12-40)52(31-35-55)32-36-56;;;;/h2*5-20,25-28,53-56H,1-4,21-24,29-38H2;4*1H. The van der Waals surface area contributed by atoms with Gasteiger partial charge in [0.1, 0.15) is 26.2 Å². The van der Waals surface area contributed by atoms with E-state index in [0.717, 1.165) is 142 Å². The molecule has 0 aliphatic carbocycles. The molecule has 0 aliphatic heterocycles. The molecule has 8 rings (SSSR count). The molecular weight excluding hydrogens is 1740 g/mol. The fourth-order valence-corrected chi connectivity index (χ4v) is 16.2. The number of carbonyl (C=O) groups is 4. The maximum Gasteiger partial charge on any atom is 0.220 e. The zero-order valence-electron chi connectivity index (χ0n) is 70.5. The fraction of sp³-hybridized carbons (Fsp3) is 0.391. The van der Waals surface area contributed by atoms with E-state index in [1.54, 1.807) is 43.2 Å². The number of anilines is 4. The Morgan fingerprint density at radius 1 is 0.250 bits per heavy atom. The number of pyridine rings is 4. The van der Waals surface area contributed by atoms with Crippen molar-refractivity contribution in [2.75, 3.05) is 174 Å². The van der Waals surface area contributed by atoms with E-state index >= 15 is 0 Å². The van der Waals surface area contributed by atoms with Gasteiger partial charge in [-0.15, -0.1) is 0 Å². The first kappa shape index (κ1) is 110. The lowest BCUT2D eigenvalue weighted by Crippen LogP contribution is -3.00. The van der Waals surface area contributed by atoms with Gasteiger partial charge in [0.15, 0.2) is 49.6 Å². The molecule has 0 bridgehead atoms. The molecule has 0 aliphatic rings. The van der Waals surface area contributed by atoms with Gasteiger partial charge in [-0.3, -0.25) is 19.2 Å². The Morgan fingerprint density at radius 2 is 0.403 bits per heavy atom. The number of aliphatic hydroxyl groups is 8. The van der Waals surface area contributed by atoms with E-state index < -0.39 is 0 Å². The maximum atomic E-state index is 12.3. The lowest BCUT2D eigenvalue weighted by atomic mass is 10.1. The van der Waals surface area contributed by atoms with Crippen LogP contribution in [-0.4, -0.2) is 219 Å². The summed E-state index contributed by atoms with van der Waals surface area (Å²) in [6.45, 7) is 9.65. The van der Waals surface area contributed by atoms with Gasteiger partial charge >= 0.3 is 0 Å². The predicted octanol–water partition coefficient (Wildman–Crippen LogP) is -3.87. The van der Waals surface area contributed by atoms with Crippen molar-refractivity contribution < 1.29 is 128 Å². The third kappa shape index (κ3) is 45.8. The van der Waals surface area contributed by atoms with Crippen LogP contribution in [0, 0.1) is 0 Å². The van der Waals surface area contributed by atoms with Crippen molar-refractivity contribution in [2.45, 2.75) is 77.5 Å². The Bertz CT molecular complexity index is 3730. The second-order valence-corrected chi connectivity index (χ2v) is 33.4. The summed E-state index contributed by atoms with van der Waals surface area (Å²) in [4.78, 5) is 57.1. The number of halogens is 4. The van der Waals surface area contributed by atoms with Gasteiger partial charge < -0.3 is 131 Å². The van der Waals surface area contributed by atoms with Gasteiger partial charge in [0.05, 0.1) is 52.9 Å². The second kappa shape index (κ2) is 68.0. The molecule has 0 unspecified atom stereocenters. The van der Waals surface area contributed by atoms with Crippen LogP contribution in [0.25, 0.3) is 48.6 Å². The molecule has 0 spiro atoms. The molecule has 4 amide bonds. The molecule has 0 fully saturated rings. The van der Waals surface area contributed by atoms with Crippen LogP contribution in [0.4, 0.5) is 22.7 Å². The topological polar surface area (TPSA) is 307 Å². The summed E-state index contributed by atoms with van der Waals surface area (Å²) in [5, 5.41) is 86.1. The molecule has 676 valence electrons. The zero-order chi connectivity index (χ0) is 85.3. The van der Waals surface area contributed by atoms with E-state index in [1.165, 1.54) is 0 Å². The summed E-state index contributed by atoms with van der Waals surface area (Å²) >= 11 is 0. The molecule has 0 saturated heterocycles. The SMILES string of the molecule is O=C(CCC[n+]1ccc(C=Cc2ccc(N(CCO)CCO)cc2)cc1)NCCSSCCNC(=O)CCC[n+]1ccc(C=Cc2ccc(N(CCO)CCO)cc2)cc1.O=C(CCC[n+]1ccc(C=Cc2ccc(N(CCO)CCO)cc2)cc1)NCCSSCCNC(=O)CCC[n+]1ccc(C=Cc2ccc(N(CCO)CCO)cc2)cc1.[Cl-].[Cl-].[Cl-].[Cl-]. The molecule has 24 nitrogen and oxygen atoms in total. The number of aromatic nitrogens is 4. The molecule has 0 radical (unpaired) electrons. The highest BCUT2D eigenvalue weighted by atomic mass is 35.5. The molecule has 12 N–H and O–H groups in total. The largest absolute Gasteiger partial charge is 1.00 e. The molecule has 0 saturated carbocycles. The third-order valence-corrected chi connectivity index (χ3v) is 23.8. The smallest absolute Gasteiger partial charge is 0.220 e. The lowest BCUT2D eigenvalue weighted by molar-refractivity contribution is -0.697. The van der Waals surface area contributed by atoms with E-state index in [1.807, 2.05) is 166 Å². The van der Waals surface area contributed by atoms with Crippen LogP contribution < -0.4 is 109 Å². The van der Waals surface area contributed by atoms with E-state index in [0.29, 0.717) is 104 Å². The summed E-state index contributed by atoms with van der Waals surface area (Å²) in [6.07, 6.45) is 37.6. The van der Waals surface area contributed by atoms with Crippen molar-refractivity contribution in [3.8, 4) is 0 Å². The Balaban J connectivity index is 0.000000620. The molecule has 124 heavy (non-hydrogen) atoms. The van der Waals surface area contributed by atoms with Gasteiger partial charge in [-0.05, 0) is 93.0 Å². The Morgan fingerprint density at radius 3 is 0.556 bits per heavy atom. The van der Waals surface area contributed by atoms with Crippen LogP contribution in [0.2, 0.25) is 0 Å². The molecule has 4 heterocycles. The third-order valence-electron chi connectivity index (χ3n) is 19.0. The van der Waals surface area contributed by atoms with Crippen LogP contribution in [0.15, 0.2) is 195 Å². The van der Waals surface area contributed by atoms with Crippen LogP contribution in [0.1, 0.15) is 95.9 Å². The lowest BCUT2D eigenvalue weighted by Gasteiger charge is -2.22. The predicted molar refractivity (Wildman–Crippen MR) is 492 cm³/mol. The minimum Gasteiger partial charge on any atom is -1.00 e. The number of nitrogens with zero attached hydrogens (tertiary/aromatic N) is 8. The van der Waals surface area contributed by atoms with Crippen LogP contribution in [-0.2, 0) is 45.4 Å². The molecule has 32 heteroatoms. The van der Waals surface area contributed by atoms with Gasteiger partial charge in [-0.25, -0.2) is 18.3 Å². The number of carbonyl (C=O) groups excluding carboxylic acids is 4.